The lowest BCUT2D eigenvalue weighted by atomic mass is 9.81. The van der Waals surface area contributed by atoms with Gasteiger partial charge < -0.3 is 10.6 Å². The van der Waals surface area contributed by atoms with Crippen LogP contribution in [0.3, 0.4) is 0 Å². The van der Waals surface area contributed by atoms with Crippen LogP contribution in [0.1, 0.15) is 75.4 Å². The summed E-state index contributed by atoms with van der Waals surface area (Å²) < 4.78 is 0. The first-order valence-corrected chi connectivity index (χ1v) is 13.6. The van der Waals surface area contributed by atoms with Gasteiger partial charge >= 0.3 is 0 Å². The second-order valence-electron chi connectivity index (χ2n) is 10.0. The van der Waals surface area contributed by atoms with E-state index in [2.05, 4.69) is 29.5 Å². The molecule has 2 saturated carbocycles. The van der Waals surface area contributed by atoms with Crippen molar-refractivity contribution in [2.45, 2.75) is 83.8 Å². The van der Waals surface area contributed by atoms with Gasteiger partial charge in [0.25, 0.3) is 0 Å². The van der Waals surface area contributed by atoms with E-state index in [0.29, 0.717) is 16.9 Å². The van der Waals surface area contributed by atoms with Crippen LogP contribution in [0.4, 0.5) is 10.7 Å². The third kappa shape index (κ3) is 5.92. The zero-order valence-electron chi connectivity index (χ0n) is 20.2. The van der Waals surface area contributed by atoms with Gasteiger partial charge in [0.05, 0.1) is 27.4 Å². The molecule has 0 saturated heterocycles. The van der Waals surface area contributed by atoms with Gasteiger partial charge in [0.2, 0.25) is 12.3 Å². The fourth-order valence-corrected chi connectivity index (χ4v) is 6.36. The molecule has 0 aliphatic heterocycles. The van der Waals surface area contributed by atoms with Gasteiger partial charge in [-0.3, -0.25) is 19.5 Å². The molecule has 0 unspecified atom stereocenters. The number of hydrogen-bond acceptors (Lipinski definition) is 5. The van der Waals surface area contributed by atoms with Crippen LogP contribution in [0, 0.1) is 18.8 Å². The normalized spacial score (nSPS) is 22.0. The smallest absolute Gasteiger partial charge is 0.243 e. The molecule has 0 radical (unpaired) electrons. The van der Waals surface area contributed by atoms with Crippen LogP contribution in [0.5, 0.6) is 0 Å². The minimum atomic E-state index is -0.467. The van der Waals surface area contributed by atoms with Gasteiger partial charge in [-0.15, -0.1) is 11.3 Å². The Hall–Kier alpha value is -2.12. The largest absolute Gasteiger partial charge is 0.376 e. The lowest BCUT2D eigenvalue weighted by molar-refractivity contribution is -0.125. The average molecular weight is 503 g/mol. The van der Waals surface area contributed by atoms with Crippen molar-refractivity contribution in [3.63, 3.8) is 0 Å². The van der Waals surface area contributed by atoms with Crippen molar-refractivity contribution in [3.8, 4) is 0 Å². The summed E-state index contributed by atoms with van der Waals surface area (Å²) in [6.45, 7) is 6.22. The number of aryl methyl sites for hydroxylation is 1. The SMILES string of the molecule is Cc1ncc(Cl)cc1N[C@@H](C)c1ccc(N(C=O)[C@@H](CC2CCCC2)C(=O)NC2CC(C)C2)s1. The summed E-state index contributed by atoms with van der Waals surface area (Å²) in [5.74, 6) is 1.14. The van der Waals surface area contributed by atoms with Gasteiger partial charge in [-0.2, -0.15) is 0 Å². The van der Waals surface area contributed by atoms with Crippen LogP contribution >= 0.6 is 22.9 Å². The molecule has 2 aliphatic carbocycles. The molecule has 2 N–H and O–H groups in total. The molecule has 2 heterocycles. The second-order valence-corrected chi connectivity index (χ2v) is 11.6. The maximum atomic E-state index is 13.3. The Bertz CT molecular complexity index is 1000. The van der Waals surface area contributed by atoms with E-state index in [9.17, 15) is 9.59 Å². The van der Waals surface area contributed by atoms with Crippen molar-refractivity contribution in [1.82, 2.24) is 10.3 Å². The molecule has 8 heteroatoms. The van der Waals surface area contributed by atoms with E-state index in [1.807, 2.05) is 25.1 Å². The summed E-state index contributed by atoms with van der Waals surface area (Å²) in [6, 6.07) is 5.63. The Morgan fingerprint density at radius 1 is 1.32 bits per heavy atom. The molecule has 2 fully saturated rings. The molecule has 0 bridgehead atoms. The summed E-state index contributed by atoms with van der Waals surface area (Å²) in [4.78, 5) is 32.7. The first kappa shape index (κ1) is 25.0. The van der Waals surface area contributed by atoms with Gasteiger partial charge in [-0.05, 0) is 63.1 Å². The zero-order chi connectivity index (χ0) is 24.2. The Kier molecular flexibility index (Phi) is 8.14. The number of carbonyl (C=O) groups is 2. The zero-order valence-corrected chi connectivity index (χ0v) is 21.8. The van der Waals surface area contributed by atoms with Crippen LogP contribution in [0.15, 0.2) is 24.4 Å². The fraction of sp³-hybridized carbons (Fsp3) is 0.577. The third-order valence-corrected chi connectivity index (χ3v) is 8.71. The summed E-state index contributed by atoms with van der Waals surface area (Å²) in [7, 11) is 0. The molecule has 2 aromatic heterocycles. The number of nitrogens with one attached hydrogen (secondary N) is 2. The van der Waals surface area contributed by atoms with E-state index in [-0.39, 0.29) is 18.0 Å². The highest BCUT2D eigenvalue weighted by Gasteiger charge is 2.34. The van der Waals surface area contributed by atoms with E-state index in [1.165, 1.54) is 12.8 Å². The molecule has 184 valence electrons. The minimum absolute atomic E-state index is 0.00444. The van der Waals surface area contributed by atoms with Crippen molar-refractivity contribution in [1.29, 1.82) is 0 Å². The van der Waals surface area contributed by atoms with Crippen molar-refractivity contribution < 1.29 is 9.59 Å². The van der Waals surface area contributed by atoms with Gasteiger partial charge in [0.15, 0.2) is 0 Å². The number of nitrogens with zero attached hydrogens (tertiary/aromatic N) is 2. The number of thiophene rings is 1. The highest BCUT2D eigenvalue weighted by atomic mass is 35.5. The molecular weight excluding hydrogens is 468 g/mol. The summed E-state index contributed by atoms with van der Waals surface area (Å²) in [5.41, 5.74) is 1.76. The Balaban J connectivity index is 1.50. The first-order valence-electron chi connectivity index (χ1n) is 12.4. The van der Waals surface area contributed by atoms with Crippen molar-refractivity contribution >= 4 is 45.9 Å². The maximum absolute atomic E-state index is 13.3. The van der Waals surface area contributed by atoms with E-state index >= 15 is 0 Å². The molecule has 4 rings (SSSR count). The predicted octanol–water partition coefficient (Wildman–Crippen LogP) is 6.10. The number of anilines is 2. The maximum Gasteiger partial charge on any atom is 0.243 e. The van der Waals surface area contributed by atoms with Crippen LogP contribution in [0.25, 0.3) is 0 Å². The number of carbonyl (C=O) groups excluding carboxylic acids is 2. The van der Waals surface area contributed by atoms with Gasteiger partial charge in [0, 0.05) is 17.1 Å². The lowest BCUT2D eigenvalue weighted by Crippen LogP contribution is -2.53. The Morgan fingerprint density at radius 2 is 2.06 bits per heavy atom. The van der Waals surface area contributed by atoms with Gasteiger partial charge in [-0.25, -0.2) is 0 Å². The number of hydrogen-bond donors (Lipinski definition) is 2. The molecule has 2 amide bonds. The average Bonchev–Trinajstić information content (AvgIpc) is 3.47. The molecule has 2 aromatic rings. The van der Waals surface area contributed by atoms with Crippen LogP contribution < -0.4 is 15.5 Å². The van der Waals surface area contributed by atoms with Gasteiger partial charge in [-0.1, -0.05) is 44.2 Å². The van der Waals surface area contributed by atoms with Crippen molar-refractivity contribution in [3.05, 3.63) is 40.0 Å². The molecular formula is C26H35ClN4O2S. The third-order valence-electron chi connectivity index (χ3n) is 7.22. The Labute approximate surface area is 211 Å². The highest BCUT2D eigenvalue weighted by molar-refractivity contribution is 7.16. The standard InChI is InChI=1S/C26H35ClN4O2S/c1-16-10-21(11-16)30-26(33)23(12-19-6-4-5-7-19)31(15-32)25-9-8-24(34-25)18(3)29-22-13-20(27)14-28-17(22)2/h8-9,13-16,18-19,21,23,29H,4-7,10-12H2,1-3H3,(H,30,33)/t16?,18-,21?,23-/m0/s1. The second kappa shape index (κ2) is 11.1. The van der Waals surface area contributed by atoms with E-state index in [0.717, 1.165) is 59.8 Å². The molecule has 6 nitrogen and oxygen atoms in total. The van der Waals surface area contributed by atoms with Crippen molar-refractivity contribution in [2.75, 3.05) is 10.2 Å². The summed E-state index contributed by atoms with van der Waals surface area (Å²) in [6.07, 6.45) is 9.94. The van der Waals surface area contributed by atoms with Crippen LogP contribution in [0.2, 0.25) is 5.02 Å². The van der Waals surface area contributed by atoms with Gasteiger partial charge in [0.1, 0.15) is 6.04 Å². The van der Waals surface area contributed by atoms with Crippen LogP contribution in [-0.4, -0.2) is 29.4 Å². The van der Waals surface area contributed by atoms with E-state index in [4.69, 9.17) is 11.6 Å². The van der Waals surface area contributed by atoms with Crippen molar-refractivity contribution in [2.24, 2.45) is 11.8 Å². The van der Waals surface area contributed by atoms with E-state index in [1.54, 1.807) is 22.4 Å². The predicted molar refractivity (Wildman–Crippen MR) is 140 cm³/mol. The molecule has 2 aliphatic rings. The molecule has 0 aromatic carbocycles. The minimum Gasteiger partial charge on any atom is -0.376 e. The number of amides is 2. The number of aromatic nitrogens is 1. The number of rotatable bonds is 10. The van der Waals surface area contributed by atoms with Crippen LogP contribution in [-0.2, 0) is 9.59 Å². The first-order chi connectivity index (χ1) is 16.3. The molecule has 0 spiro atoms. The number of pyridine rings is 1. The molecule has 2 atom stereocenters. The fourth-order valence-electron chi connectivity index (χ4n) is 5.18. The summed E-state index contributed by atoms with van der Waals surface area (Å²) in [5, 5.41) is 8.07. The Morgan fingerprint density at radius 3 is 2.74 bits per heavy atom. The lowest BCUT2D eigenvalue weighted by Gasteiger charge is -2.36. The van der Waals surface area contributed by atoms with E-state index < -0.39 is 6.04 Å². The monoisotopic (exact) mass is 502 g/mol. The topological polar surface area (TPSA) is 74.3 Å². The quantitative estimate of drug-likeness (QED) is 0.385. The summed E-state index contributed by atoms with van der Waals surface area (Å²) >= 11 is 7.66. The number of halogens is 1. The highest BCUT2D eigenvalue weighted by Crippen LogP contribution is 2.36. The molecule has 34 heavy (non-hydrogen) atoms.